The number of carbonyl (C=O) groups excluding carboxylic acids is 1. The lowest BCUT2D eigenvalue weighted by molar-refractivity contribution is 0.0104. The van der Waals surface area contributed by atoms with Crippen molar-refractivity contribution in [3.63, 3.8) is 0 Å². The molecule has 2 aliphatic rings. The van der Waals surface area contributed by atoms with Gasteiger partial charge in [-0.15, -0.1) is 0 Å². The number of nitrogens with zero attached hydrogens (tertiary/aromatic N) is 3. The van der Waals surface area contributed by atoms with Gasteiger partial charge in [-0.1, -0.05) is 0 Å². The summed E-state index contributed by atoms with van der Waals surface area (Å²) in [7, 11) is 1.82. The summed E-state index contributed by atoms with van der Waals surface area (Å²) >= 11 is 0. The van der Waals surface area contributed by atoms with Gasteiger partial charge in [0, 0.05) is 45.0 Å². The summed E-state index contributed by atoms with van der Waals surface area (Å²) in [6.07, 6.45) is 2.69. The highest BCUT2D eigenvalue weighted by atomic mass is 16.5. The molecule has 3 rings (SSSR count). The van der Waals surface area contributed by atoms with Crippen LogP contribution in [0, 0.1) is 0 Å². The summed E-state index contributed by atoms with van der Waals surface area (Å²) in [5, 5.41) is 2.97. The number of likely N-dealkylation sites (tertiary alicyclic amines) is 1. The maximum atomic E-state index is 12.7. The third-order valence-electron chi connectivity index (χ3n) is 4.76. The molecule has 2 atom stereocenters. The van der Waals surface area contributed by atoms with Gasteiger partial charge in [-0.3, -0.25) is 9.69 Å². The fourth-order valence-corrected chi connectivity index (χ4v) is 3.44. The molecule has 1 N–H and O–H groups in total. The van der Waals surface area contributed by atoms with E-state index in [9.17, 15) is 4.79 Å². The van der Waals surface area contributed by atoms with Crippen LogP contribution in [-0.4, -0.2) is 72.7 Å². The number of rotatable bonds is 3. The Balaban J connectivity index is 1.67. The van der Waals surface area contributed by atoms with Crippen molar-refractivity contribution >= 4 is 11.7 Å². The number of amides is 1. The highest BCUT2D eigenvalue weighted by Gasteiger charge is 2.37. The molecule has 0 aromatic carbocycles. The Morgan fingerprint density at radius 2 is 2.09 bits per heavy atom. The monoisotopic (exact) mass is 304 g/mol. The van der Waals surface area contributed by atoms with E-state index in [0.717, 1.165) is 45.1 Å². The SMILES string of the molecule is CNc1ccc(C(=O)N2CC[C@@H](N3CCOCC3)[C@H]2C)cn1. The molecule has 2 fully saturated rings. The van der Waals surface area contributed by atoms with Crippen LogP contribution in [0.15, 0.2) is 18.3 Å². The van der Waals surface area contributed by atoms with Crippen LogP contribution in [0.3, 0.4) is 0 Å². The predicted molar refractivity (Wildman–Crippen MR) is 85.1 cm³/mol. The molecule has 0 radical (unpaired) electrons. The predicted octanol–water partition coefficient (Wildman–Crippen LogP) is 1.06. The van der Waals surface area contributed by atoms with Gasteiger partial charge >= 0.3 is 0 Å². The third kappa shape index (κ3) is 2.94. The van der Waals surface area contributed by atoms with E-state index >= 15 is 0 Å². The average molecular weight is 304 g/mol. The van der Waals surface area contributed by atoms with Crippen molar-refractivity contribution in [3.05, 3.63) is 23.9 Å². The minimum absolute atomic E-state index is 0.0819. The lowest BCUT2D eigenvalue weighted by Crippen LogP contribution is -2.49. The Hall–Kier alpha value is -1.66. The van der Waals surface area contributed by atoms with Gasteiger partial charge in [-0.05, 0) is 25.5 Å². The van der Waals surface area contributed by atoms with Gasteiger partial charge in [0.1, 0.15) is 5.82 Å². The second-order valence-electron chi connectivity index (χ2n) is 5.93. The number of carbonyl (C=O) groups is 1. The smallest absolute Gasteiger partial charge is 0.255 e. The van der Waals surface area contributed by atoms with Crippen molar-refractivity contribution in [2.45, 2.75) is 25.4 Å². The van der Waals surface area contributed by atoms with E-state index < -0.39 is 0 Å². The van der Waals surface area contributed by atoms with Crippen molar-refractivity contribution in [1.82, 2.24) is 14.8 Å². The zero-order chi connectivity index (χ0) is 15.5. The topological polar surface area (TPSA) is 57.7 Å². The maximum Gasteiger partial charge on any atom is 0.255 e. The molecule has 2 saturated heterocycles. The second kappa shape index (κ2) is 6.62. The Kier molecular flexibility index (Phi) is 4.59. The van der Waals surface area contributed by atoms with Gasteiger partial charge in [0.05, 0.1) is 18.8 Å². The zero-order valence-corrected chi connectivity index (χ0v) is 13.3. The molecular weight excluding hydrogens is 280 g/mol. The lowest BCUT2D eigenvalue weighted by atomic mass is 10.1. The molecule has 6 nitrogen and oxygen atoms in total. The molecule has 0 unspecified atom stereocenters. The van der Waals surface area contributed by atoms with E-state index in [-0.39, 0.29) is 11.9 Å². The largest absolute Gasteiger partial charge is 0.379 e. The molecule has 6 heteroatoms. The first-order valence-corrected chi connectivity index (χ1v) is 7.97. The number of hydrogen-bond donors (Lipinski definition) is 1. The van der Waals surface area contributed by atoms with E-state index in [2.05, 4.69) is 22.1 Å². The third-order valence-corrected chi connectivity index (χ3v) is 4.76. The summed E-state index contributed by atoms with van der Waals surface area (Å²) in [5.74, 6) is 0.857. The number of anilines is 1. The van der Waals surface area contributed by atoms with Gasteiger partial charge in [-0.25, -0.2) is 4.98 Å². The van der Waals surface area contributed by atoms with Gasteiger partial charge in [0.2, 0.25) is 0 Å². The summed E-state index contributed by atoms with van der Waals surface area (Å²) in [4.78, 5) is 21.4. The van der Waals surface area contributed by atoms with Crippen LogP contribution in [0.4, 0.5) is 5.82 Å². The first kappa shape index (κ1) is 15.2. The van der Waals surface area contributed by atoms with E-state index in [1.807, 2.05) is 24.1 Å². The standard InChI is InChI=1S/C16H24N4O2/c1-12-14(19-7-9-22-10-8-19)5-6-20(12)16(21)13-3-4-15(17-2)18-11-13/h3-4,11-12,14H,5-10H2,1-2H3,(H,17,18)/t12-,14-/m1/s1. The molecule has 0 bridgehead atoms. The Bertz CT molecular complexity index is 513. The Morgan fingerprint density at radius 1 is 1.32 bits per heavy atom. The van der Waals surface area contributed by atoms with Crippen LogP contribution >= 0.6 is 0 Å². The number of pyridine rings is 1. The van der Waals surface area contributed by atoms with Crippen molar-refractivity contribution in [2.75, 3.05) is 45.2 Å². The van der Waals surface area contributed by atoms with E-state index in [1.165, 1.54) is 0 Å². The number of ether oxygens (including phenoxy) is 1. The molecule has 120 valence electrons. The second-order valence-corrected chi connectivity index (χ2v) is 5.93. The summed E-state index contributed by atoms with van der Waals surface area (Å²) < 4.78 is 5.42. The fraction of sp³-hybridized carbons (Fsp3) is 0.625. The van der Waals surface area contributed by atoms with Gasteiger partial charge < -0.3 is 15.0 Å². The van der Waals surface area contributed by atoms with Crippen molar-refractivity contribution < 1.29 is 9.53 Å². The van der Waals surface area contributed by atoms with E-state index in [0.29, 0.717) is 11.6 Å². The van der Waals surface area contributed by atoms with E-state index in [1.54, 1.807) is 6.20 Å². The van der Waals surface area contributed by atoms with Crippen molar-refractivity contribution in [1.29, 1.82) is 0 Å². The Morgan fingerprint density at radius 3 is 2.73 bits per heavy atom. The summed E-state index contributed by atoms with van der Waals surface area (Å²) in [6, 6.07) is 4.36. The highest BCUT2D eigenvalue weighted by Crippen LogP contribution is 2.25. The number of aromatic nitrogens is 1. The minimum Gasteiger partial charge on any atom is -0.379 e. The zero-order valence-electron chi connectivity index (χ0n) is 13.3. The van der Waals surface area contributed by atoms with Crippen LogP contribution < -0.4 is 5.32 Å². The maximum absolute atomic E-state index is 12.7. The summed E-state index contributed by atoms with van der Waals surface area (Å²) in [6.45, 7) is 6.50. The molecule has 1 aromatic heterocycles. The molecule has 22 heavy (non-hydrogen) atoms. The van der Waals surface area contributed by atoms with Crippen LogP contribution in [0.5, 0.6) is 0 Å². The molecule has 0 spiro atoms. The van der Waals surface area contributed by atoms with Crippen molar-refractivity contribution in [3.8, 4) is 0 Å². The van der Waals surface area contributed by atoms with Gasteiger partial charge in [-0.2, -0.15) is 0 Å². The first-order chi connectivity index (χ1) is 10.7. The first-order valence-electron chi connectivity index (χ1n) is 7.97. The van der Waals surface area contributed by atoms with Crippen LogP contribution in [0.2, 0.25) is 0 Å². The Labute approximate surface area is 131 Å². The number of nitrogens with one attached hydrogen (secondary N) is 1. The molecule has 3 heterocycles. The van der Waals surface area contributed by atoms with Gasteiger partial charge in [0.25, 0.3) is 5.91 Å². The normalized spacial score (nSPS) is 26.2. The minimum atomic E-state index is 0.0819. The lowest BCUT2D eigenvalue weighted by Gasteiger charge is -2.35. The quantitative estimate of drug-likeness (QED) is 0.905. The number of morpholine rings is 1. The molecule has 2 aliphatic heterocycles. The van der Waals surface area contributed by atoms with Gasteiger partial charge in [0.15, 0.2) is 0 Å². The molecule has 0 aliphatic carbocycles. The molecule has 1 amide bonds. The van der Waals surface area contributed by atoms with Crippen LogP contribution in [0.1, 0.15) is 23.7 Å². The van der Waals surface area contributed by atoms with Crippen LogP contribution in [0.25, 0.3) is 0 Å². The van der Waals surface area contributed by atoms with E-state index in [4.69, 9.17) is 4.74 Å². The average Bonchev–Trinajstić information content (AvgIpc) is 2.96. The summed E-state index contributed by atoms with van der Waals surface area (Å²) in [5.41, 5.74) is 0.661. The fourth-order valence-electron chi connectivity index (χ4n) is 3.44. The van der Waals surface area contributed by atoms with Crippen LogP contribution in [-0.2, 0) is 4.74 Å². The molecule has 0 saturated carbocycles. The number of hydrogen-bond acceptors (Lipinski definition) is 5. The molecule has 1 aromatic rings. The highest BCUT2D eigenvalue weighted by molar-refractivity contribution is 5.94. The van der Waals surface area contributed by atoms with Crippen molar-refractivity contribution in [2.24, 2.45) is 0 Å². The molecular formula is C16H24N4O2.